The van der Waals surface area contributed by atoms with E-state index in [0.717, 1.165) is 44.6 Å². The fourth-order valence-electron chi connectivity index (χ4n) is 2.16. The fraction of sp³-hybridized carbons (Fsp3) is 0.158. The van der Waals surface area contributed by atoms with E-state index in [4.69, 9.17) is 4.98 Å². The maximum Gasteiger partial charge on any atom is 0.162 e. The Bertz CT molecular complexity index is 791. The second kappa shape index (κ2) is 8.31. The average molecular weight is 400 g/mol. The van der Waals surface area contributed by atoms with Gasteiger partial charge >= 0.3 is 0 Å². The van der Waals surface area contributed by atoms with Crippen LogP contribution in [0.1, 0.15) is 13.3 Å². The molecule has 3 nitrogen and oxygen atoms in total. The Morgan fingerprint density at radius 3 is 2.46 bits per heavy atom. The Hall–Kier alpha value is -1.85. The van der Waals surface area contributed by atoms with Crippen molar-refractivity contribution in [3.8, 4) is 11.4 Å². The number of halogens is 1. The largest absolute Gasteiger partial charge is 0.370 e. The molecule has 0 saturated carbocycles. The summed E-state index contributed by atoms with van der Waals surface area (Å²) >= 11 is 5.11. The standard InChI is InChI=1S/C19H18BrN3S/c1-2-12-21-17-13-18(24-16-10-8-15(20)9-11-16)23-19(22-17)14-6-4-3-5-7-14/h3-11,13H,2,12H2,1H3,(H,21,22,23). The molecule has 1 heterocycles. The molecule has 1 N–H and O–H groups in total. The van der Waals surface area contributed by atoms with Crippen molar-refractivity contribution >= 4 is 33.5 Å². The van der Waals surface area contributed by atoms with Crippen molar-refractivity contribution in [2.75, 3.05) is 11.9 Å². The summed E-state index contributed by atoms with van der Waals surface area (Å²) in [6, 6.07) is 20.3. The molecule has 0 atom stereocenters. The fourth-order valence-corrected chi connectivity index (χ4v) is 3.24. The van der Waals surface area contributed by atoms with Crippen molar-refractivity contribution < 1.29 is 0 Å². The topological polar surface area (TPSA) is 37.8 Å². The number of aromatic nitrogens is 2. The lowest BCUT2D eigenvalue weighted by Gasteiger charge is -2.09. The van der Waals surface area contributed by atoms with Gasteiger partial charge in [-0.15, -0.1) is 0 Å². The summed E-state index contributed by atoms with van der Waals surface area (Å²) < 4.78 is 1.07. The zero-order chi connectivity index (χ0) is 16.8. The van der Waals surface area contributed by atoms with Crippen molar-refractivity contribution in [1.29, 1.82) is 0 Å². The highest BCUT2D eigenvalue weighted by molar-refractivity contribution is 9.10. The molecule has 3 aromatic rings. The second-order valence-corrected chi connectivity index (χ2v) is 7.27. The third-order valence-corrected chi connectivity index (χ3v) is 4.78. The Morgan fingerprint density at radius 1 is 1.00 bits per heavy atom. The highest BCUT2D eigenvalue weighted by Gasteiger charge is 2.08. The molecule has 0 saturated heterocycles. The van der Waals surface area contributed by atoms with E-state index in [0.29, 0.717) is 0 Å². The first kappa shape index (κ1) is 17.0. The van der Waals surface area contributed by atoms with Gasteiger partial charge in [-0.05, 0) is 30.7 Å². The molecule has 0 aliphatic rings. The summed E-state index contributed by atoms with van der Waals surface area (Å²) in [4.78, 5) is 10.5. The smallest absolute Gasteiger partial charge is 0.162 e. The first-order chi connectivity index (χ1) is 11.7. The van der Waals surface area contributed by atoms with E-state index in [1.54, 1.807) is 11.8 Å². The molecule has 0 aliphatic carbocycles. The third-order valence-electron chi connectivity index (χ3n) is 3.33. The summed E-state index contributed by atoms with van der Waals surface area (Å²) in [5, 5.41) is 4.30. The second-order valence-electron chi connectivity index (χ2n) is 5.26. The summed E-state index contributed by atoms with van der Waals surface area (Å²) in [7, 11) is 0. The molecular weight excluding hydrogens is 382 g/mol. The molecule has 24 heavy (non-hydrogen) atoms. The van der Waals surface area contributed by atoms with Gasteiger partial charge in [0.05, 0.1) is 0 Å². The maximum atomic E-state index is 4.73. The average Bonchev–Trinajstić information content (AvgIpc) is 2.62. The normalized spacial score (nSPS) is 10.6. The van der Waals surface area contributed by atoms with Crippen LogP contribution >= 0.6 is 27.7 Å². The summed E-state index contributed by atoms with van der Waals surface area (Å²) in [5.74, 6) is 1.61. The van der Waals surface area contributed by atoms with Crippen molar-refractivity contribution in [3.63, 3.8) is 0 Å². The van der Waals surface area contributed by atoms with E-state index < -0.39 is 0 Å². The van der Waals surface area contributed by atoms with Gasteiger partial charge in [-0.1, -0.05) is 64.9 Å². The van der Waals surface area contributed by atoms with Crippen LogP contribution in [0.15, 0.2) is 75.1 Å². The van der Waals surface area contributed by atoms with Crippen LogP contribution in [0, 0.1) is 0 Å². The Kier molecular flexibility index (Phi) is 5.88. The van der Waals surface area contributed by atoms with Gasteiger partial charge in [0.2, 0.25) is 0 Å². The number of rotatable bonds is 6. The van der Waals surface area contributed by atoms with Crippen molar-refractivity contribution in [2.24, 2.45) is 0 Å². The predicted molar refractivity (Wildman–Crippen MR) is 105 cm³/mol. The van der Waals surface area contributed by atoms with Crippen molar-refractivity contribution in [2.45, 2.75) is 23.3 Å². The van der Waals surface area contributed by atoms with Crippen LogP contribution in [-0.2, 0) is 0 Å². The monoisotopic (exact) mass is 399 g/mol. The van der Waals surface area contributed by atoms with Gasteiger partial charge in [-0.25, -0.2) is 9.97 Å². The SMILES string of the molecule is CCCNc1cc(Sc2ccc(Br)cc2)nc(-c2ccccc2)n1. The zero-order valence-electron chi connectivity index (χ0n) is 13.4. The van der Waals surface area contributed by atoms with Gasteiger partial charge in [-0.3, -0.25) is 0 Å². The lowest BCUT2D eigenvalue weighted by Crippen LogP contribution is -2.04. The van der Waals surface area contributed by atoms with Gasteiger partial charge in [0.25, 0.3) is 0 Å². The third kappa shape index (κ3) is 4.58. The molecular formula is C19H18BrN3S. The van der Waals surface area contributed by atoms with E-state index in [2.05, 4.69) is 45.3 Å². The summed E-state index contributed by atoms with van der Waals surface area (Å²) in [6.07, 6.45) is 1.06. The van der Waals surface area contributed by atoms with Gasteiger partial charge in [0.15, 0.2) is 5.82 Å². The van der Waals surface area contributed by atoms with E-state index in [-0.39, 0.29) is 0 Å². The van der Waals surface area contributed by atoms with E-state index >= 15 is 0 Å². The molecule has 0 radical (unpaired) electrons. The lowest BCUT2D eigenvalue weighted by molar-refractivity contribution is 0.956. The lowest BCUT2D eigenvalue weighted by atomic mass is 10.2. The van der Waals surface area contributed by atoms with Crippen LogP contribution in [0.3, 0.4) is 0 Å². The molecule has 1 aromatic heterocycles. The molecule has 0 unspecified atom stereocenters. The molecule has 0 aliphatic heterocycles. The number of hydrogen-bond acceptors (Lipinski definition) is 4. The summed E-state index contributed by atoms with van der Waals surface area (Å²) in [5.41, 5.74) is 1.02. The number of benzene rings is 2. The van der Waals surface area contributed by atoms with Crippen molar-refractivity contribution in [1.82, 2.24) is 9.97 Å². The quantitative estimate of drug-likeness (QED) is 0.525. The Balaban J connectivity index is 1.93. The predicted octanol–water partition coefficient (Wildman–Crippen LogP) is 5.88. The molecule has 2 aromatic carbocycles. The number of anilines is 1. The van der Waals surface area contributed by atoms with Crippen LogP contribution in [0.2, 0.25) is 0 Å². The van der Waals surface area contributed by atoms with E-state index in [1.807, 2.05) is 48.5 Å². The van der Waals surface area contributed by atoms with Gasteiger partial charge in [0, 0.05) is 27.5 Å². The van der Waals surface area contributed by atoms with Crippen LogP contribution in [0.5, 0.6) is 0 Å². The number of nitrogens with one attached hydrogen (secondary N) is 1. The molecule has 0 fully saturated rings. The first-order valence-corrected chi connectivity index (χ1v) is 9.47. The maximum absolute atomic E-state index is 4.73. The molecule has 5 heteroatoms. The minimum atomic E-state index is 0.747. The molecule has 3 rings (SSSR count). The highest BCUT2D eigenvalue weighted by Crippen LogP contribution is 2.30. The molecule has 0 spiro atoms. The first-order valence-electron chi connectivity index (χ1n) is 7.86. The Morgan fingerprint density at radius 2 is 1.75 bits per heavy atom. The van der Waals surface area contributed by atoms with Crippen LogP contribution < -0.4 is 5.32 Å². The van der Waals surface area contributed by atoms with Crippen LogP contribution in [0.25, 0.3) is 11.4 Å². The Labute approximate surface area is 155 Å². The van der Waals surface area contributed by atoms with Crippen LogP contribution in [0.4, 0.5) is 5.82 Å². The minimum Gasteiger partial charge on any atom is -0.370 e. The zero-order valence-corrected chi connectivity index (χ0v) is 15.8. The molecule has 0 bridgehead atoms. The van der Waals surface area contributed by atoms with Crippen LogP contribution in [-0.4, -0.2) is 16.5 Å². The highest BCUT2D eigenvalue weighted by atomic mass is 79.9. The molecule has 0 amide bonds. The van der Waals surface area contributed by atoms with E-state index in [9.17, 15) is 0 Å². The minimum absolute atomic E-state index is 0.747. The van der Waals surface area contributed by atoms with Crippen molar-refractivity contribution in [3.05, 3.63) is 65.1 Å². The summed E-state index contributed by atoms with van der Waals surface area (Å²) in [6.45, 7) is 3.04. The van der Waals surface area contributed by atoms with Gasteiger partial charge in [-0.2, -0.15) is 0 Å². The number of hydrogen-bond donors (Lipinski definition) is 1. The van der Waals surface area contributed by atoms with Gasteiger partial charge in [0.1, 0.15) is 10.8 Å². The molecule has 122 valence electrons. The van der Waals surface area contributed by atoms with E-state index in [1.165, 1.54) is 0 Å². The van der Waals surface area contributed by atoms with Gasteiger partial charge < -0.3 is 5.32 Å². The number of nitrogens with zero attached hydrogens (tertiary/aromatic N) is 2.